The normalized spacial score (nSPS) is 10.6. The van der Waals surface area contributed by atoms with Crippen LogP contribution in [0.1, 0.15) is 42.2 Å². The van der Waals surface area contributed by atoms with Gasteiger partial charge < -0.3 is 14.8 Å². The lowest BCUT2D eigenvalue weighted by Crippen LogP contribution is -2.18. The fourth-order valence-corrected chi connectivity index (χ4v) is 3.44. The highest BCUT2D eigenvalue weighted by molar-refractivity contribution is 6.05. The zero-order valence-electron chi connectivity index (χ0n) is 20.8. The minimum Gasteiger partial charge on any atom is -0.497 e. The predicted octanol–water partition coefficient (Wildman–Crippen LogP) is 5.24. The summed E-state index contributed by atoms with van der Waals surface area (Å²) in [7, 11) is 1.55. The Morgan fingerprint density at radius 1 is 0.763 bits per heavy atom. The minimum atomic E-state index is -0.497. The molecular weight excluding hydrogens is 482 g/mol. The van der Waals surface area contributed by atoms with E-state index in [0.717, 1.165) is 5.56 Å². The second-order valence-corrected chi connectivity index (χ2v) is 8.26. The first-order valence-corrected chi connectivity index (χ1v) is 11.7. The Kier molecular flexibility index (Phi) is 8.25. The molecule has 0 aliphatic carbocycles. The summed E-state index contributed by atoms with van der Waals surface area (Å²) in [5.41, 5.74) is 5.63. The van der Waals surface area contributed by atoms with Crippen LogP contribution in [0.15, 0.2) is 102 Å². The van der Waals surface area contributed by atoms with Gasteiger partial charge in [-0.25, -0.2) is 10.2 Å². The van der Waals surface area contributed by atoms with Crippen LogP contribution >= 0.6 is 0 Å². The summed E-state index contributed by atoms with van der Waals surface area (Å²) in [5, 5.41) is 6.78. The standard InChI is InChI=1S/C30H25N3O5/c1-20-10-12-22(13-11-20)30(36)38-27-9-4-3-6-24(27)19-31-33-29(35)23-7-5-8-25(18-23)32-28(34)21-14-16-26(37-2)17-15-21/h3-19H,1-2H3,(H,32,34)(H,33,35). The van der Waals surface area contributed by atoms with Gasteiger partial charge in [-0.1, -0.05) is 35.9 Å². The van der Waals surface area contributed by atoms with E-state index >= 15 is 0 Å². The summed E-state index contributed by atoms with van der Waals surface area (Å²) in [6, 6.07) is 27.1. The lowest BCUT2D eigenvalue weighted by molar-refractivity contribution is 0.0734. The second kappa shape index (κ2) is 12.1. The summed E-state index contributed by atoms with van der Waals surface area (Å²) >= 11 is 0. The van der Waals surface area contributed by atoms with Crippen LogP contribution in [0.4, 0.5) is 5.69 Å². The number of hydrogen-bond donors (Lipinski definition) is 2. The van der Waals surface area contributed by atoms with Gasteiger partial charge in [-0.3, -0.25) is 9.59 Å². The molecule has 0 fully saturated rings. The third-order valence-corrected chi connectivity index (χ3v) is 5.51. The first-order chi connectivity index (χ1) is 18.4. The van der Waals surface area contributed by atoms with Crippen molar-refractivity contribution in [3.8, 4) is 11.5 Å². The molecule has 0 saturated heterocycles. The van der Waals surface area contributed by atoms with Gasteiger partial charge in [0.1, 0.15) is 11.5 Å². The molecule has 0 unspecified atom stereocenters. The van der Waals surface area contributed by atoms with E-state index in [-0.39, 0.29) is 5.91 Å². The molecule has 0 aliphatic heterocycles. The Bertz CT molecular complexity index is 1480. The number of carbonyl (C=O) groups is 3. The Hall–Kier alpha value is -5.24. The molecule has 0 atom stereocenters. The Morgan fingerprint density at radius 3 is 2.21 bits per heavy atom. The van der Waals surface area contributed by atoms with Crippen molar-refractivity contribution >= 4 is 29.7 Å². The van der Waals surface area contributed by atoms with Crippen LogP contribution in [0.25, 0.3) is 0 Å². The summed E-state index contributed by atoms with van der Waals surface area (Å²) in [6.45, 7) is 1.93. The van der Waals surface area contributed by atoms with Crippen LogP contribution < -0.4 is 20.2 Å². The molecule has 0 heterocycles. The SMILES string of the molecule is COc1ccc(C(=O)Nc2cccc(C(=O)NN=Cc3ccccc3OC(=O)c3ccc(C)cc3)c2)cc1. The maximum atomic E-state index is 12.7. The number of amides is 2. The smallest absolute Gasteiger partial charge is 0.343 e. The van der Waals surface area contributed by atoms with Crippen LogP contribution in [0.3, 0.4) is 0 Å². The predicted molar refractivity (Wildman–Crippen MR) is 145 cm³/mol. The number of carbonyl (C=O) groups excluding carboxylic acids is 3. The third-order valence-electron chi connectivity index (χ3n) is 5.51. The van der Waals surface area contributed by atoms with Crippen molar-refractivity contribution in [3.63, 3.8) is 0 Å². The van der Waals surface area contributed by atoms with E-state index in [0.29, 0.717) is 39.4 Å². The van der Waals surface area contributed by atoms with Crippen molar-refractivity contribution in [1.29, 1.82) is 0 Å². The molecule has 0 radical (unpaired) electrons. The zero-order chi connectivity index (χ0) is 26.9. The van der Waals surface area contributed by atoms with Crippen LogP contribution in [-0.4, -0.2) is 31.1 Å². The average molecular weight is 508 g/mol. The molecule has 0 saturated carbocycles. The minimum absolute atomic E-state index is 0.300. The quantitative estimate of drug-likeness (QED) is 0.147. The molecule has 38 heavy (non-hydrogen) atoms. The van der Waals surface area contributed by atoms with Crippen molar-refractivity contribution in [1.82, 2.24) is 5.43 Å². The van der Waals surface area contributed by atoms with Gasteiger partial charge >= 0.3 is 5.97 Å². The third kappa shape index (κ3) is 6.70. The van der Waals surface area contributed by atoms with Gasteiger partial charge in [-0.05, 0) is 73.7 Å². The van der Waals surface area contributed by atoms with Gasteiger partial charge in [0.25, 0.3) is 11.8 Å². The summed E-state index contributed by atoms with van der Waals surface area (Å²) in [4.78, 5) is 37.7. The van der Waals surface area contributed by atoms with Gasteiger partial charge in [0.2, 0.25) is 0 Å². The summed E-state index contributed by atoms with van der Waals surface area (Å²) in [5.74, 6) is -0.341. The first kappa shape index (κ1) is 25.8. The number of esters is 1. The van der Waals surface area contributed by atoms with Crippen molar-refractivity contribution in [3.05, 3.63) is 125 Å². The second-order valence-electron chi connectivity index (χ2n) is 8.26. The van der Waals surface area contributed by atoms with Crippen molar-refractivity contribution < 1.29 is 23.9 Å². The summed E-state index contributed by atoms with van der Waals surface area (Å²) < 4.78 is 10.6. The van der Waals surface area contributed by atoms with E-state index in [1.165, 1.54) is 6.21 Å². The maximum absolute atomic E-state index is 12.7. The molecule has 0 spiro atoms. The Labute approximate surface area is 219 Å². The highest BCUT2D eigenvalue weighted by atomic mass is 16.5. The van der Waals surface area contributed by atoms with Crippen molar-refractivity contribution in [2.75, 3.05) is 12.4 Å². The van der Waals surface area contributed by atoms with E-state index in [2.05, 4.69) is 15.8 Å². The zero-order valence-corrected chi connectivity index (χ0v) is 20.8. The van der Waals surface area contributed by atoms with Gasteiger partial charge in [0.05, 0.1) is 18.9 Å². The number of para-hydroxylation sites is 1. The van der Waals surface area contributed by atoms with Gasteiger partial charge in [0, 0.05) is 22.4 Å². The molecule has 0 aromatic heterocycles. The summed E-state index contributed by atoms with van der Waals surface area (Å²) in [6.07, 6.45) is 1.39. The monoisotopic (exact) mass is 507 g/mol. The molecule has 2 N–H and O–H groups in total. The van der Waals surface area contributed by atoms with Gasteiger partial charge in [-0.15, -0.1) is 0 Å². The van der Waals surface area contributed by atoms with E-state index in [1.807, 2.05) is 19.1 Å². The number of rotatable bonds is 8. The molecule has 190 valence electrons. The average Bonchev–Trinajstić information content (AvgIpc) is 2.94. The van der Waals surface area contributed by atoms with Gasteiger partial charge in [-0.2, -0.15) is 5.10 Å². The largest absolute Gasteiger partial charge is 0.497 e. The number of nitrogens with zero attached hydrogens (tertiary/aromatic N) is 1. The molecule has 4 rings (SSSR count). The number of benzene rings is 4. The van der Waals surface area contributed by atoms with E-state index < -0.39 is 11.9 Å². The lowest BCUT2D eigenvalue weighted by Gasteiger charge is -2.08. The molecule has 0 bridgehead atoms. The Morgan fingerprint density at radius 2 is 1.47 bits per heavy atom. The topological polar surface area (TPSA) is 106 Å². The van der Waals surface area contributed by atoms with Gasteiger partial charge in [0.15, 0.2) is 0 Å². The molecule has 8 heteroatoms. The lowest BCUT2D eigenvalue weighted by atomic mass is 10.1. The van der Waals surface area contributed by atoms with Crippen molar-refractivity contribution in [2.45, 2.75) is 6.92 Å². The number of hydrazone groups is 1. The fraction of sp³-hybridized carbons (Fsp3) is 0.0667. The molecule has 8 nitrogen and oxygen atoms in total. The first-order valence-electron chi connectivity index (χ1n) is 11.7. The molecule has 4 aromatic rings. The van der Waals surface area contributed by atoms with Crippen LogP contribution in [-0.2, 0) is 0 Å². The van der Waals surface area contributed by atoms with E-state index in [1.54, 1.807) is 92.0 Å². The van der Waals surface area contributed by atoms with Crippen molar-refractivity contribution in [2.24, 2.45) is 5.10 Å². The van der Waals surface area contributed by atoms with Crippen LogP contribution in [0.2, 0.25) is 0 Å². The fourth-order valence-electron chi connectivity index (χ4n) is 3.44. The number of anilines is 1. The molecule has 4 aromatic carbocycles. The molecule has 2 amide bonds. The number of nitrogens with one attached hydrogen (secondary N) is 2. The van der Waals surface area contributed by atoms with E-state index in [9.17, 15) is 14.4 Å². The Balaban J connectivity index is 1.38. The number of methoxy groups -OCH3 is 1. The highest BCUT2D eigenvalue weighted by Gasteiger charge is 2.12. The number of aryl methyl sites for hydroxylation is 1. The van der Waals surface area contributed by atoms with Crippen LogP contribution in [0.5, 0.6) is 11.5 Å². The molecular formula is C30H25N3O5. The maximum Gasteiger partial charge on any atom is 0.343 e. The number of ether oxygens (including phenoxy) is 2. The van der Waals surface area contributed by atoms with Crippen LogP contribution in [0, 0.1) is 6.92 Å². The van der Waals surface area contributed by atoms with E-state index in [4.69, 9.17) is 9.47 Å². The molecule has 0 aliphatic rings. The number of hydrogen-bond acceptors (Lipinski definition) is 6. The highest BCUT2D eigenvalue weighted by Crippen LogP contribution is 2.18.